The van der Waals surface area contributed by atoms with E-state index in [-0.39, 0.29) is 0 Å². The SMILES string of the molecule is CCC(CC)N(CCBr)c1nccn2nc(C)cc12. The van der Waals surface area contributed by atoms with Crippen molar-refractivity contribution >= 4 is 27.3 Å². The number of hydrogen-bond donors (Lipinski definition) is 0. The third-order valence-electron chi connectivity index (χ3n) is 3.47. The Balaban J connectivity index is 2.48. The molecule has 0 aliphatic rings. The largest absolute Gasteiger partial charge is 0.351 e. The fourth-order valence-corrected chi connectivity index (χ4v) is 2.92. The normalized spacial score (nSPS) is 11.4. The van der Waals surface area contributed by atoms with Crippen molar-refractivity contribution in [1.82, 2.24) is 14.6 Å². The van der Waals surface area contributed by atoms with Gasteiger partial charge in [-0.1, -0.05) is 29.8 Å². The summed E-state index contributed by atoms with van der Waals surface area (Å²) in [7, 11) is 0. The van der Waals surface area contributed by atoms with E-state index in [2.05, 4.69) is 50.8 Å². The van der Waals surface area contributed by atoms with E-state index in [0.29, 0.717) is 6.04 Å². The highest BCUT2D eigenvalue weighted by atomic mass is 79.9. The molecule has 19 heavy (non-hydrogen) atoms. The van der Waals surface area contributed by atoms with E-state index in [1.807, 2.05) is 23.8 Å². The summed E-state index contributed by atoms with van der Waals surface area (Å²) in [4.78, 5) is 6.99. The van der Waals surface area contributed by atoms with Crippen LogP contribution in [0.3, 0.4) is 0 Å². The van der Waals surface area contributed by atoms with Gasteiger partial charge in [0.15, 0.2) is 5.82 Å². The lowest BCUT2D eigenvalue weighted by atomic mass is 10.1. The molecular formula is C14H21BrN4. The van der Waals surface area contributed by atoms with Crippen molar-refractivity contribution in [2.45, 2.75) is 39.7 Å². The van der Waals surface area contributed by atoms with Crippen LogP contribution in [-0.2, 0) is 0 Å². The van der Waals surface area contributed by atoms with Crippen molar-refractivity contribution in [3.63, 3.8) is 0 Å². The zero-order valence-corrected chi connectivity index (χ0v) is 13.4. The van der Waals surface area contributed by atoms with Crippen molar-refractivity contribution in [2.24, 2.45) is 0 Å². The van der Waals surface area contributed by atoms with Crippen molar-refractivity contribution in [3.05, 3.63) is 24.2 Å². The molecule has 0 aliphatic carbocycles. The first kappa shape index (κ1) is 14.3. The topological polar surface area (TPSA) is 33.4 Å². The molecule has 0 amide bonds. The molecule has 2 rings (SSSR count). The van der Waals surface area contributed by atoms with Crippen molar-refractivity contribution in [3.8, 4) is 0 Å². The first-order valence-corrected chi connectivity index (χ1v) is 7.97. The maximum Gasteiger partial charge on any atom is 0.154 e. The summed E-state index contributed by atoms with van der Waals surface area (Å²) in [6, 6.07) is 2.62. The van der Waals surface area contributed by atoms with Crippen LogP contribution in [0.5, 0.6) is 0 Å². The number of aromatic nitrogens is 3. The maximum absolute atomic E-state index is 4.60. The Morgan fingerprint density at radius 1 is 1.37 bits per heavy atom. The molecule has 0 unspecified atom stereocenters. The summed E-state index contributed by atoms with van der Waals surface area (Å²) < 4.78 is 1.92. The first-order chi connectivity index (χ1) is 9.21. The quantitative estimate of drug-likeness (QED) is 0.763. The molecule has 0 fully saturated rings. The molecule has 2 heterocycles. The van der Waals surface area contributed by atoms with E-state index in [0.717, 1.165) is 41.7 Å². The molecule has 0 radical (unpaired) electrons. The summed E-state index contributed by atoms with van der Waals surface area (Å²) >= 11 is 3.55. The number of hydrogen-bond acceptors (Lipinski definition) is 3. The van der Waals surface area contributed by atoms with Gasteiger partial charge in [-0.3, -0.25) is 0 Å². The highest BCUT2D eigenvalue weighted by Gasteiger charge is 2.19. The number of halogens is 1. The minimum absolute atomic E-state index is 0.520. The maximum atomic E-state index is 4.60. The molecule has 0 saturated heterocycles. The van der Waals surface area contributed by atoms with E-state index in [9.17, 15) is 0 Å². The Labute approximate surface area is 123 Å². The fourth-order valence-electron chi connectivity index (χ4n) is 2.53. The van der Waals surface area contributed by atoms with E-state index in [4.69, 9.17) is 0 Å². The minimum Gasteiger partial charge on any atom is -0.351 e. The summed E-state index contributed by atoms with van der Waals surface area (Å²) in [6.45, 7) is 7.44. The van der Waals surface area contributed by atoms with Gasteiger partial charge in [-0.25, -0.2) is 9.50 Å². The second-order valence-corrected chi connectivity index (χ2v) is 5.51. The molecule has 104 valence electrons. The molecule has 0 bridgehead atoms. The second kappa shape index (κ2) is 6.37. The molecule has 5 heteroatoms. The molecule has 0 aromatic carbocycles. The number of nitrogens with zero attached hydrogens (tertiary/aromatic N) is 4. The van der Waals surface area contributed by atoms with Gasteiger partial charge < -0.3 is 4.90 Å². The molecule has 2 aromatic rings. The molecular weight excluding hydrogens is 304 g/mol. The van der Waals surface area contributed by atoms with Crippen LogP contribution in [0, 0.1) is 6.92 Å². The highest BCUT2D eigenvalue weighted by Crippen LogP contribution is 2.24. The van der Waals surface area contributed by atoms with Crippen LogP contribution in [0.4, 0.5) is 5.82 Å². The lowest BCUT2D eigenvalue weighted by molar-refractivity contribution is 0.564. The number of alkyl halides is 1. The molecule has 4 nitrogen and oxygen atoms in total. The highest BCUT2D eigenvalue weighted by molar-refractivity contribution is 9.09. The third-order valence-corrected chi connectivity index (χ3v) is 3.83. The monoisotopic (exact) mass is 324 g/mol. The van der Waals surface area contributed by atoms with Crippen LogP contribution in [0.25, 0.3) is 5.52 Å². The Kier molecular flexibility index (Phi) is 4.80. The summed E-state index contributed by atoms with van der Waals surface area (Å²) in [5.74, 6) is 1.04. The zero-order chi connectivity index (χ0) is 13.8. The van der Waals surface area contributed by atoms with Gasteiger partial charge in [-0.15, -0.1) is 0 Å². The summed E-state index contributed by atoms with van der Waals surface area (Å²) in [5, 5.41) is 5.41. The van der Waals surface area contributed by atoms with Gasteiger partial charge in [-0.05, 0) is 25.8 Å². The van der Waals surface area contributed by atoms with Crippen molar-refractivity contribution < 1.29 is 0 Å². The number of rotatable bonds is 6. The van der Waals surface area contributed by atoms with E-state index >= 15 is 0 Å². The predicted octanol–water partition coefficient (Wildman–Crippen LogP) is 3.43. The first-order valence-electron chi connectivity index (χ1n) is 6.84. The predicted molar refractivity (Wildman–Crippen MR) is 83.2 cm³/mol. The smallest absolute Gasteiger partial charge is 0.154 e. The van der Waals surface area contributed by atoms with Gasteiger partial charge in [0, 0.05) is 30.3 Å². The van der Waals surface area contributed by atoms with Gasteiger partial charge in [0.2, 0.25) is 0 Å². The van der Waals surface area contributed by atoms with E-state index in [1.54, 1.807) is 0 Å². The molecule has 0 N–H and O–H groups in total. The zero-order valence-electron chi connectivity index (χ0n) is 11.8. The van der Waals surface area contributed by atoms with Crippen LogP contribution < -0.4 is 4.90 Å². The van der Waals surface area contributed by atoms with Crippen molar-refractivity contribution in [1.29, 1.82) is 0 Å². The number of aryl methyl sites for hydroxylation is 1. The molecule has 0 aliphatic heterocycles. The lowest BCUT2D eigenvalue weighted by Gasteiger charge is -2.31. The van der Waals surface area contributed by atoms with Gasteiger partial charge in [0.05, 0.1) is 5.69 Å². The van der Waals surface area contributed by atoms with Gasteiger partial charge in [0.1, 0.15) is 5.52 Å². The molecule has 0 saturated carbocycles. The van der Waals surface area contributed by atoms with E-state index < -0.39 is 0 Å². The van der Waals surface area contributed by atoms with Crippen LogP contribution in [0.15, 0.2) is 18.5 Å². The third kappa shape index (κ3) is 2.91. The fraction of sp³-hybridized carbons (Fsp3) is 0.571. The van der Waals surface area contributed by atoms with Crippen LogP contribution in [0.1, 0.15) is 32.4 Å². The van der Waals surface area contributed by atoms with Crippen LogP contribution >= 0.6 is 15.9 Å². The minimum atomic E-state index is 0.520. The Bertz CT molecular complexity index is 533. The Morgan fingerprint density at radius 3 is 2.74 bits per heavy atom. The number of anilines is 1. The summed E-state index contributed by atoms with van der Waals surface area (Å²) in [5.41, 5.74) is 2.12. The number of fused-ring (bicyclic) bond motifs is 1. The average molecular weight is 325 g/mol. The standard InChI is InChI=1S/C14H21BrN4/c1-4-12(5-2)18(8-6-15)14-13-10-11(3)17-19(13)9-7-16-14/h7,9-10,12H,4-6,8H2,1-3H3. The van der Waals surface area contributed by atoms with Crippen LogP contribution in [0.2, 0.25) is 0 Å². The van der Waals surface area contributed by atoms with Crippen molar-refractivity contribution in [2.75, 3.05) is 16.8 Å². The average Bonchev–Trinajstić information content (AvgIpc) is 2.79. The molecule has 0 atom stereocenters. The van der Waals surface area contributed by atoms with Gasteiger partial charge >= 0.3 is 0 Å². The Morgan fingerprint density at radius 2 is 2.11 bits per heavy atom. The second-order valence-electron chi connectivity index (χ2n) is 4.72. The van der Waals surface area contributed by atoms with Gasteiger partial charge in [-0.2, -0.15) is 5.10 Å². The molecule has 2 aromatic heterocycles. The lowest BCUT2D eigenvalue weighted by Crippen LogP contribution is -2.37. The molecule has 0 spiro atoms. The van der Waals surface area contributed by atoms with Gasteiger partial charge in [0.25, 0.3) is 0 Å². The summed E-state index contributed by atoms with van der Waals surface area (Å²) in [6.07, 6.45) is 5.99. The van der Waals surface area contributed by atoms with Crippen LogP contribution in [-0.4, -0.2) is 32.5 Å². The Hall–Kier alpha value is -1.10. The van der Waals surface area contributed by atoms with E-state index in [1.165, 1.54) is 0 Å².